The molecule has 0 aliphatic carbocycles. The van der Waals surface area contributed by atoms with Crippen LogP contribution in [0.3, 0.4) is 0 Å². The van der Waals surface area contributed by atoms with E-state index in [1.165, 1.54) is 0 Å². The van der Waals surface area contributed by atoms with Crippen LogP contribution in [0.1, 0.15) is 29.8 Å². The van der Waals surface area contributed by atoms with Crippen molar-refractivity contribution in [3.8, 4) is 0 Å². The van der Waals surface area contributed by atoms with Crippen molar-refractivity contribution in [2.45, 2.75) is 19.4 Å². The third kappa shape index (κ3) is 1.57. The average Bonchev–Trinajstić information content (AvgIpc) is 2.24. The Balaban J connectivity index is 2.58. The second-order valence-electron chi connectivity index (χ2n) is 4.13. The summed E-state index contributed by atoms with van der Waals surface area (Å²) in [4.78, 5) is 16.4. The predicted octanol–water partition coefficient (Wildman–Crippen LogP) is 1.64. The smallest absolute Gasteiger partial charge is 0.357 e. The Morgan fingerprint density at radius 1 is 1.40 bits per heavy atom. The van der Waals surface area contributed by atoms with Crippen LogP contribution >= 0.6 is 0 Å². The summed E-state index contributed by atoms with van der Waals surface area (Å²) < 4.78 is 0. The largest absolute Gasteiger partial charge is 0.388 e. The molecule has 0 saturated carbocycles. The van der Waals surface area contributed by atoms with Crippen LogP contribution in [0.5, 0.6) is 0 Å². The Hall–Kier alpha value is -1.55. The molecule has 1 aromatic rings. The van der Waals surface area contributed by atoms with Crippen LogP contribution in [-0.4, -0.2) is 13.0 Å². The van der Waals surface area contributed by atoms with Crippen molar-refractivity contribution in [1.82, 2.24) is 5.48 Å². The highest BCUT2D eigenvalue weighted by Crippen LogP contribution is 2.30. The van der Waals surface area contributed by atoms with E-state index < -0.39 is 0 Å². The van der Waals surface area contributed by atoms with E-state index in [4.69, 9.17) is 4.84 Å². The summed E-state index contributed by atoms with van der Waals surface area (Å²) in [5.41, 5.74) is 4.94. The Morgan fingerprint density at radius 3 is 2.80 bits per heavy atom. The molecule has 2 rings (SSSR count). The van der Waals surface area contributed by atoms with Crippen molar-refractivity contribution in [3.05, 3.63) is 29.3 Å². The molecule has 1 aromatic carbocycles. The molecule has 0 saturated heterocycles. The lowest BCUT2D eigenvalue weighted by molar-refractivity contribution is -0.00799. The first-order chi connectivity index (χ1) is 7.04. The Morgan fingerprint density at radius 2 is 2.13 bits per heavy atom. The third-order valence-corrected chi connectivity index (χ3v) is 2.60. The molecule has 1 aliphatic heterocycles. The zero-order valence-electron chi connectivity index (χ0n) is 9.05. The van der Waals surface area contributed by atoms with Gasteiger partial charge in [0.25, 0.3) is 0 Å². The summed E-state index contributed by atoms with van der Waals surface area (Å²) in [7, 11) is 1.85. The fraction of sp³-hybridized carbons (Fsp3) is 0.364. The molecule has 0 unspecified atom stereocenters. The van der Waals surface area contributed by atoms with E-state index in [2.05, 4.69) is 10.8 Å². The van der Waals surface area contributed by atoms with Gasteiger partial charge in [-0.2, -0.15) is 0 Å². The third-order valence-electron chi connectivity index (χ3n) is 2.60. The maximum absolute atomic E-state index is 11.5. The molecule has 1 aliphatic rings. The van der Waals surface area contributed by atoms with Crippen LogP contribution in [-0.2, 0) is 10.4 Å². The number of hydrogen-bond donors (Lipinski definition) is 2. The van der Waals surface area contributed by atoms with E-state index in [1.54, 1.807) is 6.07 Å². The molecule has 0 bridgehead atoms. The monoisotopic (exact) mass is 206 g/mol. The average molecular weight is 206 g/mol. The molecule has 4 nitrogen and oxygen atoms in total. The second kappa shape index (κ2) is 3.24. The van der Waals surface area contributed by atoms with Crippen LogP contribution in [0, 0.1) is 0 Å². The molecule has 2 N–H and O–H groups in total. The number of nitrogens with one attached hydrogen (secondary N) is 2. The van der Waals surface area contributed by atoms with Gasteiger partial charge < -0.3 is 10.2 Å². The van der Waals surface area contributed by atoms with E-state index in [9.17, 15) is 4.79 Å². The van der Waals surface area contributed by atoms with E-state index in [0.29, 0.717) is 5.56 Å². The maximum Gasteiger partial charge on any atom is 0.357 e. The Bertz CT molecular complexity index is 413. The lowest BCUT2D eigenvalue weighted by Gasteiger charge is -2.32. The van der Waals surface area contributed by atoms with Crippen LogP contribution in [0.4, 0.5) is 5.69 Å². The summed E-state index contributed by atoms with van der Waals surface area (Å²) in [5, 5.41) is 3.05. The molecule has 0 aromatic heterocycles. The Labute approximate surface area is 88.6 Å². The van der Waals surface area contributed by atoms with Gasteiger partial charge in [-0.15, -0.1) is 5.48 Å². The van der Waals surface area contributed by atoms with Gasteiger partial charge in [-0.25, -0.2) is 4.79 Å². The van der Waals surface area contributed by atoms with Gasteiger partial charge >= 0.3 is 5.97 Å². The standard InChI is InChI=1S/C11H14N2O2/c1-11(2)9-6-7(12-3)4-5-8(9)10(14)15-13-11/h4-6,12-13H,1-3H3. The summed E-state index contributed by atoms with van der Waals surface area (Å²) in [6.07, 6.45) is 0. The van der Waals surface area contributed by atoms with E-state index in [0.717, 1.165) is 11.3 Å². The molecule has 0 spiro atoms. The summed E-state index contributed by atoms with van der Waals surface area (Å²) >= 11 is 0. The molecule has 80 valence electrons. The van der Waals surface area contributed by atoms with Crippen LogP contribution < -0.4 is 10.8 Å². The van der Waals surface area contributed by atoms with Crippen molar-refractivity contribution in [3.63, 3.8) is 0 Å². The fourth-order valence-corrected chi connectivity index (χ4v) is 1.68. The van der Waals surface area contributed by atoms with Gasteiger partial charge in [0.1, 0.15) is 0 Å². The van der Waals surface area contributed by atoms with Crippen molar-refractivity contribution >= 4 is 11.7 Å². The predicted molar refractivity (Wildman–Crippen MR) is 57.6 cm³/mol. The van der Waals surface area contributed by atoms with Gasteiger partial charge in [-0.1, -0.05) is 0 Å². The van der Waals surface area contributed by atoms with E-state index in [-0.39, 0.29) is 11.5 Å². The highest BCUT2D eigenvalue weighted by atomic mass is 16.7. The van der Waals surface area contributed by atoms with Gasteiger partial charge in [-0.05, 0) is 37.6 Å². The fourth-order valence-electron chi connectivity index (χ4n) is 1.68. The SMILES string of the molecule is CNc1ccc2c(c1)C(C)(C)NOC2=O. The maximum atomic E-state index is 11.5. The van der Waals surface area contributed by atoms with Gasteiger partial charge in [0.2, 0.25) is 0 Å². The molecular formula is C11H14N2O2. The van der Waals surface area contributed by atoms with Gasteiger partial charge in [0, 0.05) is 12.7 Å². The number of rotatable bonds is 1. The molecule has 0 radical (unpaired) electrons. The first-order valence-electron chi connectivity index (χ1n) is 4.85. The summed E-state index contributed by atoms with van der Waals surface area (Å²) in [5.74, 6) is -0.327. The molecule has 0 amide bonds. The van der Waals surface area contributed by atoms with E-state index >= 15 is 0 Å². The van der Waals surface area contributed by atoms with Crippen molar-refractivity contribution < 1.29 is 9.63 Å². The van der Waals surface area contributed by atoms with Crippen LogP contribution in [0.2, 0.25) is 0 Å². The molecule has 0 fully saturated rings. The normalized spacial score (nSPS) is 17.9. The number of benzene rings is 1. The van der Waals surface area contributed by atoms with Crippen molar-refractivity contribution in [1.29, 1.82) is 0 Å². The molecular weight excluding hydrogens is 192 g/mol. The van der Waals surface area contributed by atoms with Crippen molar-refractivity contribution in [2.24, 2.45) is 0 Å². The zero-order valence-corrected chi connectivity index (χ0v) is 9.05. The molecule has 0 atom stereocenters. The zero-order chi connectivity index (χ0) is 11.1. The topological polar surface area (TPSA) is 50.4 Å². The van der Waals surface area contributed by atoms with E-state index in [1.807, 2.05) is 33.0 Å². The number of carbonyl (C=O) groups excluding carboxylic acids is 1. The quantitative estimate of drug-likeness (QED) is 0.733. The number of carbonyl (C=O) groups is 1. The Kier molecular flexibility index (Phi) is 2.16. The summed E-state index contributed by atoms with van der Waals surface area (Å²) in [6, 6.07) is 5.61. The van der Waals surface area contributed by atoms with Crippen molar-refractivity contribution in [2.75, 3.05) is 12.4 Å². The van der Waals surface area contributed by atoms with Gasteiger partial charge in [0.15, 0.2) is 0 Å². The van der Waals surface area contributed by atoms with Gasteiger partial charge in [0.05, 0.1) is 11.1 Å². The molecule has 4 heteroatoms. The minimum atomic E-state index is -0.351. The minimum Gasteiger partial charge on any atom is -0.388 e. The number of hydroxylamine groups is 1. The first-order valence-corrected chi connectivity index (χ1v) is 4.85. The molecule has 15 heavy (non-hydrogen) atoms. The van der Waals surface area contributed by atoms with Crippen LogP contribution in [0.25, 0.3) is 0 Å². The number of fused-ring (bicyclic) bond motifs is 1. The molecule has 1 heterocycles. The highest BCUT2D eigenvalue weighted by Gasteiger charge is 2.33. The highest BCUT2D eigenvalue weighted by molar-refractivity contribution is 5.92. The summed E-state index contributed by atoms with van der Waals surface area (Å²) in [6.45, 7) is 3.94. The first kappa shape index (κ1) is 9.98. The van der Waals surface area contributed by atoms with Gasteiger partial charge in [-0.3, -0.25) is 0 Å². The lowest BCUT2D eigenvalue weighted by Crippen LogP contribution is -2.43. The second-order valence-corrected chi connectivity index (χ2v) is 4.13. The lowest BCUT2D eigenvalue weighted by atomic mass is 9.89. The number of hydrogen-bond acceptors (Lipinski definition) is 4. The van der Waals surface area contributed by atoms with Crippen LogP contribution in [0.15, 0.2) is 18.2 Å². The minimum absolute atomic E-state index is 0.327. The number of anilines is 1.